The largest absolute Gasteiger partial charge is 0.388 e. The number of nitrogens with one attached hydrogen (secondary N) is 1. The maximum Gasteiger partial charge on any atom is 0.144 e. The van der Waals surface area contributed by atoms with Crippen LogP contribution in [0.4, 0.5) is 5.82 Å². The smallest absolute Gasteiger partial charge is 0.144 e. The highest BCUT2D eigenvalue weighted by atomic mass is 35.5. The van der Waals surface area contributed by atoms with Crippen LogP contribution in [0.2, 0.25) is 5.02 Å². The number of nitrogens with zero attached hydrogens (tertiary/aromatic N) is 1. The molecule has 1 fully saturated rings. The zero-order valence-electron chi connectivity index (χ0n) is 10.8. The first-order chi connectivity index (χ1) is 8.63. The summed E-state index contributed by atoms with van der Waals surface area (Å²) in [4.78, 5) is 4.17. The van der Waals surface area contributed by atoms with E-state index in [-0.39, 0.29) is 0 Å². The molecule has 3 nitrogen and oxygen atoms in total. The standard InChI is InChI=1S/C14H21ClN2O/c1-2-11-5-7-14(18,8-6-11)10-17-13-12(15)4-3-9-16-13/h3-4,9,11,18H,2,5-8,10H2,1H3,(H,16,17). The van der Waals surface area contributed by atoms with Gasteiger partial charge in [0.05, 0.1) is 10.6 Å². The van der Waals surface area contributed by atoms with Crippen molar-refractivity contribution in [3.05, 3.63) is 23.4 Å². The molecule has 4 heteroatoms. The first-order valence-electron chi connectivity index (χ1n) is 6.70. The van der Waals surface area contributed by atoms with Crippen LogP contribution < -0.4 is 5.32 Å². The van der Waals surface area contributed by atoms with Gasteiger partial charge < -0.3 is 10.4 Å². The maximum absolute atomic E-state index is 10.5. The highest BCUT2D eigenvalue weighted by Crippen LogP contribution is 2.34. The Morgan fingerprint density at radius 3 is 2.83 bits per heavy atom. The lowest BCUT2D eigenvalue weighted by molar-refractivity contribution is 0.00223. The third-order valence-corrected chi connectivity index (χ3v) is 4.26. The number of pyridine rings is 1. The van der Waals surface area contributed by atoms with Crippen LogP contribution in [-0.2, 0) is 0 Å². The summed E-state index contributed by atoms with van der Waals surface area (Å²) in [6.45, 7) is 2.75. The van der Waals surface area contributed by atoms with Crippen LogP contribution in [0.1, 0.15) is 39.0 Å². The number of hydrogen-bond acceptors (Lipinski definition) is 3. The molecule has 1 heterocycles. The van der Waals surface area contributed by atoms with E-state index in [1.165, 1.54) is 6.42 Å². The third-order valence-electron chi connectivity index (χ3n) is 3.96. The van der Waals surface area contributed by atoms with Crippen LogP contribution in [0.25, 0.3) is 0 Å². The average Bonchev–Trinajstić information content (AvgIpc) is 2.39. The Labute approximate surface area is 114 Å². The van der Waals surface area contributed by atoms with Gasteiger partial charge in [-0.1, -0.05) is 24.9 Å². The van der Waals surface area contributed by atoms with E-state index in [0.29, 0.717) is 17.4 Å². The molecule has 18 heavy (non-hydrogen) atoms. The number of rotatable bonds is 4. The summed E-state index contributed by atoms with van der Waals surface area (Å²) in [5.41, 5.74) is -0.605. The first kappa shape index (κ1) is 13.6. The lowest BCUT2D eigenvalue weighted by Crippen LogP contribution is -2.40. The van der Waals surface area contributed by atoms with E-state index in [9.17, 15) is 5.11 Å². The molecule has 1 aliphatic rings. The molecular formula is C14H21ClN2O. The van der Waals surface area contributed by atoms with Gasteiger partial charge in [-0.25, -0.2) is 4.98 Å². The van der Waals surface area contributed by atoms with E-state index < -0.39 is 5.60 Å². The first-order valence-corrected chi connectivity index (χ1v) is 7.07. The second-order valence-corrected chi connectivity index (χ2v) is 5.67. The number of halogens is 1. The second kappa shape index (κ2) is 5.89. The van der Waals surface area contributed by atoms with Crippen LogP contribution >= 0.6 is 11.6 Å². The molecule has 2 rings (SSSR count). The molecule has 0 atom stereocenters. The van der Waals surface area contributed by atoms with Crippen molar-refractivity contribution in [1.29, 1.82) is 0 Å². The Morgan fingerprint density at radius 1 is 1.50 bits per heavy atom. The quantitative estimate of drug-likeness (QED) is 0.879. The summed E-state index contributed by atoms with van der Waals surface area (Å²) in [6, 6.07) is 3.60. The molecule has 0 spiro atoms. The predicted octanol–water partition coefficient (Wildman–Crippen LogP) is 3.48. The van der Waals surface area contributed by atoms with E-state index in [4.69, 9.17) is 11.6 Å². The molecule has 1 aromatic rings. The molecule has 0 aromatic carbocycles. The van der Waals surface area contributed by atoms with E-state index >= 15 is 0 Å². The van der Waals surface area contributed by atoms with Gasteiger partial charge in [-0.3, -0.25) is 0 Å². The summed E-state index contributed by atoms with van der Waals surface area (Å²) in [5.74, 6) is 1.44. The van der Waals surface area contributed by atoms with Gasteiger partial charge in [0, 0.05) is 12.7 Å². The van der Waals surface area contributed by atoms with Gasteiger partial charge in [0.2, 0.25) is 0 Å². The zero-order valence-corrected chi connectivity index (χ0v) is 11.6. The zero-order chi connectivity index (χ0) is 13.0. The van der Waals surface area contributed by atoms with Gasteiger partial charge in [-0.2, -0.15) is 0 Å². The van der Waals surface area contributed by atoms with Crippen molar-refractivity contribution in [2.45, 2.75) is 44.6 Å². The number of hydrogen-bond donors (Lipinski definition) is 2. The van der Waals surface area contributed by atoms with Gasteiger partial charge in [-0.05, 0) is 43.7 Å². The molecule has 0 bridgehead atoms. The van der Waals surface area contributed by atoms with Crippen molar-refractivity contribution >= 4 is 17.4 Å². The average molecular weight is 269 g/mol. The fourth-order valence-corrected chi connectivity index (χ4v) is 2.75. The predicted molar refractivity (Wildman–Crippen MR) is 74.9 cm³/mol. The number of aromatic nitrogens is 1. The molecule has 1 aliphatic carbocycles. The lowest BCUT2D eigenvalue weighted by atomic mass is 9.78. The molecule has 0 unspecified atom stereocenters. The van der Waals surface area contributed by atoms with Crippen LogP contribution in [-0.4, -0.2) is 22.2 Å². The van der Waals surface area contributed by atoms with Crippen molar-refractivity contribution in [3.8, 4) is 0 Å². The van der Waals surface area contributed by atoms with Crippen molar-refractivity contribution in [3.63, 3.8) is 0 Å². The van der Waals surface area contributed by atoms with Crippen LogP contribution in [0.5, 0.6) is 0 Å². The summed E-state index contributed by atoms with van der Waals surface area (Å²) in [5, 5.41) is 14.3. The van der Waals surface area contributed by atoms with Crippen LogP contribution in [0.15, 0.2) is 18.3 Å². The van der Waals surface area contributed by atoms with Crippen molar-refractivity contribution in [2.24, 2.45) is 5.92 Å². The van der Waals surface area contributed by atoms with E-state index in [2.05, 4.69) is 17.2 Å². The molecule has 2 N–H and O–H groups in total. The van der Waals surface area contributed by atoms with E-state index in [1.807, 2.05) is 0 Å². The van der Waals surface area contributed by atoms with E-state index in [0.717, 1.165) is 31.6 Å². The number of aliphatic hydroxyl groups is 1. The minimum Gasteiger partial charge on any atom is -0.388 e. The third kappa shape index (κ3) is 3.36. The Morgan fingerprint density at radius 2 is 2.22 bits per heavy atom. The fraction of sp³-hybridized carbons (Fsp3) is 0.643. The van der Waals surface area contributed by atoms with Crippen LogP contribution in [0.3, 0.4) is 0 Å². The minimum atomic E-state index is -0.605. The Kier molecular flexibility index (Phi) is 4.46. The molecule has 0 saturated heterocycles. The van der Waals surface area contributed by atoms with Gasteiger partial charge >= 0.3 is 0 Å². The van der Waals surface area contributed by atoms with Crippen molar-refractivity contribution < 1.29 is 5.11 Å². The summed E-state index contributed by atoms with van der Waals surface area (Å²) in [7, 11) is 0. The highest BCUT2D eigenvalue weighted by Gasteiger charge is 2.32. The monoisotopic (exact) mass is 268 g/mol. The molecule has 0 aliphatic heterocycles. The molecule has 1 saturated carbocycles. The van der Waals surface area contributed by atoms with E-state index in [1.54, 1.807) is 18.3 Å². The molecule has 1 aromatic heterocycles. The van der Waals surface area contributed by atoms with Crippen LogP contribution in [0, 0.1) is 5.92 Å². The molecule has 100 valence electrons. The Hall–Kier alpha value is -0.800. The fourth-order valence-electron chi connectivity index (χ4n) is 2.56. The Bertz CT molecular complexity index is 389. The summed E-state index contributed by atoms with van der Waals surface area (Å²) >= 11 is 6.03. The lowest BCUT2D eigenvalue weighted by Gasteiger charge is -2.36. The second-order valence-electron chi connectivity index (χ2n) is 5.26. The molecule has 0 radical (unpaired) electrons. The normalized spacial score (nSPS) is 28.1. The summed E-state index contributed by atoms with van der Waals surface area (Å²) < 4.78 is 0. The van der Waals surface area contributed by atoms with Crippen molar-refractivity contribution in [2.75, 3.05) is 11.9 Å². The highest BCUT2D eigenvalue weighted by molar-refractivity contribution is 6.32. The van der Waals surface area contributed by atoms with Gasteiger partial charge in [-0.15, -0.1) is 0 Å². The minimum absolute atomic E-state index is 0.528. The maximum atomic E-state index is 10.5. The number of anilines is 1. The SMILES string of the molecule is CCC1CCC(O)(CNc2ncccc2Cl)CC1. The van der Waals surface area contributed by atoms with Crippen molar-refractivity contribution in [1.82, 2.24) is 4.98 Å². The molecular weight excluding hydrogens is 248 g/mol. The van der Waals surface area contributed by atoms with Gasteiger partial charge in [0.25, 0.3) is 0 Å². The van der Waals surface area contributed by atoms with Gasteiger partial charge in [0.1, 0.15) is 5.82 Å². The Balaban J connectivity index is 1.88. The van der Waals surface area contributed by atoms with Gasteiger partial charge in [0.15, 0.2) is 0 Å². The molecule has 0 amide bonds. The topological polar surface area (TPSA) is 45.1 Å². The summed E-state index contributed by atoms with van der Waals surface area (Å²) in [6.07, 6.45) is 6.88.